The molecule has 1 aliphatic heterocycles. The first-order valence-corrected chi connectivity index (χ1v) is 9.18. The maximum absolute atomic E-state index is 11.2. The van der Waals surface area contributed by atoms with Gasteiger partial charge in [-0.2, -0.15) is 0 Å². The van der Waals surface area contributed by atoms with Crippen molar-refractivity contribution in [1.29, 1.82) is 0 Å². The molecule has 5 nitrogen and oxygen atoms in total. The summed E-state index contributed by atoms with van der Waals surface area (Å²) in [5.41, 5.74) is 2.12. The summed E-state index contributed by atoms with van der Waals surface area (Å²) < 4.78 is 11.5. The Balaban J connectivity index is 1.74. The quantitative estimate of drug-likeness (QED) is 0.792. The molecular formula is C19H21NO4S. The number of ether oxygens (including phenoxy) is 2. The highest BCUT2D eigenvalue weighted by molar-refractivity contribution is 7.99. The maximum Gasteiger partial charge on any atom is 0.321 e. The van der Waals surface area contributed by atoms with E-state index in [0.29, 0.717) is 23.9 Å². The smallest absolute Gasteiger partial charge is 0.321 e. The fourth-order valence-corrected chi connectivity index (χ4v) is 4.01. The van der Waals surface area contributed by atoms with E-state index in [-0.39, 0.29) is 5.37 Å². The van der Waals surface area contributed by atoms with Crippen molar-refractivity contribution in [2.75, 3.05) is 19.5 Å². The van der Waals surface area contributed by atoms with Crippen LogP contribution in [-0.2, 0) is 11.2 Å². The SMILES string of the molecule is COc1cccc(C2NC(C(=O)O)CS2)c1OCCc1ccccc1. The zero-order chi connectivity index (χ0) is 17.6. The van der Waals surface area contributed by atoms with Crippen molar-refractivity contribution in [1.82, 2.24) is 5.32 Å². The van der Waals surface area contributed by atoms with Gasteiger partial charge < -0.3 is 14.6 Å². The van der Waals surface area contributed by atoms with Crippen LogP contribution < -0.4 is 14.8 Å². The molecule has 2 aromatic carbocycles. The molecule has 0 aliphatic carbocycles. The summed E-state index contributed by atoms with van der Waals surface area (Å²) >= 11 is 1.57. The van der Waals surface area contributed by atoms with E-state index < -0.39 is 12.0 Å². The third-order valence-electron chi connectivity index (χ3n) is 4.07. The molecule has 3 rings (SSSR count). The van der Waals surface area contributed by atoms with E-state index >= 15 is 0 Å². The minimum absolute atomic E-state index is 0.122. The molecule has 1 saturated heterocycles. The zero-order valence-corrected chi connectivity index (χ0v) is 14.8. The molecule has 1 heterocycles. The molecule has 6 heteroatoms. The average molecular weight is 359 g/mol. The van der Waals surface area contributed by atoms with Gasteiger partial charge in [0.05, 0.1) is 19.1 Å². The predicted molar refractivity (Wildman–Crippen MR) is 98.4 cm³/mol. The van der Waals surface area contributed by atoms with Gasteiger partial charge in [0, 0.05) is 17.7 Å². The van der Waals surface area contributed by atoms with E-state index in [1.54, 1.807) is 18.9 Å². The maximum atomic E-state index is 11.2. The standard InChI is InChI=1S/C19H21NO4S/c1-23-16-9-5-8-14(18-20-15(12-25-18)19(21)22)17(16)24-11-10-13-6-3-2-4-7-13/h2-9,15,18,20H,10-12H2,1H3,(H,21,22). The highest BCUT2D eigenvalue weighted by atomic mass is 32.2. The zero-order valence-electron chi connectivity index (χ0n) is 14.0. The second kappa shape index (κ2) is 8.27. The minimum atomic E-state index is -0.829. The number of para-hydroxylation sites is 1. The van der Waals surface area contributed by atoms with Crippen molar-refractivity contribution >= 4 is 17.7 Å². The van der Waals surface area contributed by atoms with Crippen molar-refractivity contribution in [3.63, 3.8) is 0 Å². The predicted octanol–water partition coefficient (Wildman–Crippen LogP) is 3.10. The Morgan fingerprint density at radius 2 is 2.04 bits per heavy atom. The summed E-state index contributed by atoms with van der Waals surface area (Å²) in [5.74, 6) is 1.04. The van der Waals surface area contributed by atoms with Gasteiger partial charge in [-0.3, -0.25) is 10.1 Å². The highest BCUT2D eigenvalue weighted by Crippen LogP contribution is 2.42. The van der Waals surface area contributed by atoms with Gasteiger partial charge in [-0.15, -0.1) is 11.8 Å². The van der Waals surface area contributed by atoms with Crippen LogP contribution in [0.3, 0.4) is 0 Å². The van der Waals surface area contributed by atoms with Gasteiger partial charge >= 0.3 is 5.97 Å². The molecule has 0 radical (unpaired) electrons. The van der Waals surface area contributed by atoms with E-state index in [1.165, 1.54) is 5.56 Å². The minimum Gasteiger partial charge on any atom is -0.493 e. The first-order valence-electron chi connectivity index (χ1n) is 8.13. The van der Waals surface area contributed by atoms with Crippen LogP contribution in [0.4, 0.5) is 0 Å². The van der Waals surface area contributed by atoms with Crippen molar-refractivity contribution in [3.8, 4) is 11.5 Å². The van der Waals surface area contributed by atoms with Crippen molar-refractivity contribution in [3.05, 3.63) is 59.7 Å². The van der Waals surface area contributed by atoms with Crippen LogP contribution in [-0.4, -0.2) is 36.6 Å². The Labute approximate surface area is 151 Å². The van der Waals surface area contributed by atoms with Crippen molar-refractivity contribution in [2.45, 2.75) is 17.8 Å². The molecule has 2 atom stereocenters. The van der Waals surface area contributed by atoms with Gasteiger partial charge in [0.15, 0.2) is 11.5 Å². The molecule has 0 bridgehead atoms. The Kier molecular flexibility index (Phi) is 5.83. The molecule has 0 spiro atoms. The van der Waals surface area contributed by atoms with Crippen LogP contribution >= 0.6 is 11.8 Å². The summed E-state index contributed by atoms with van der Waals surface area (Å²) in [4.78, 5) is 11.2. The molecule has 0 amide bonds. The lowest BCUT2D eigenvalue weighted by molar-refractivity contribution is -0.138. The van der Waals surface area contributed by atoms with Crippen LogP contribution in [0.2, 0.25) is 0 Å². The fourth-order valence-electron chi connectivity index (χ4n) is 2.76. The summed E-state index contributed by atoms with van der Waals surface area (Å²) in [6.07, 6.45) is 0.793. The third-order valence-corrected chi connectivity index (χ3v) is 5.32. The molecule has 2 aromatic rings. The normalized spacial score (nSPS) is 19.6. The summed E-state index contributed by atoms with van der Waals surface area (Å²) in [7, 11) is 1.61. The number of carbonyl (C=O) groups is 1. The Morgan fingerprint density at radius 1 is 1.24 bits per heavy atom. The molecule has 25 heavy (non-hydrogen) atoms. The second-order valence-electron chi connectivity index (χ2n) is 5.73. The lowest BCUT2D eigenvalue weighted by Crippen LogP contribution is -2.33. The molecule has 2 N–H and O–H groups in total. The largest absolute Gasteiger partial charge is 0.493 e. The monoisotopic (exact) mass is 359 g/mol. The molecular weight excluding hydrogens is 338 g/mol. The van der Waals surface area contributed by atoms with Gasteiger partial charge in [-0.05, 0) is 11.6 Å². The van der Waals surface area contributed by atoms with Gasteiger partial charge in [-0.25, -0.2) is 0 Å². The van der Waals surface area contributed by atoms with E-state index in [9.17, 15) is 9.90 Å². The number of methoxy groups -OCH3 is 1. The third kappa shape index (κ3) is 4.27. The second-order valence-corrected chi connectivity index (χ2v) is 6.87. The molecule has 1 fully saturated rings. The van der Waals surface area contributed by atoms with Crippen molar-refractivity contribution in [2.24, 2.45) is 0 Å². The Hall–Kier alpha value is -2.18. The average Bonchev–Trinajstić information content (AvgIpc) is 3.13. The summed E-state index contributed by atoms with van der Waals surface area (Å²) in [5, 5.41) is 12.2. The van der Waals surface area contributed by atoms with Crippen LogP contribution in [0, 0.1) is 0 Å². The summed E-state index contributed by atoms with van der Waals surface area (Å²) in [6, 6.07) is 15.3. The van der Waals surface area contributed by atoms with E-state index in [2.05, 4.69) is 17.4 Å². The molecule has 0 aromatic heterocycles. The number of carboxylic acids is 1. The number of aliphatic carboxylic acids is 1. The molecule has 132 valence electrons. The van der Waals surface area contributed by atoms with E-state index in [0.717, 1.165) is 12.0 Å². The van der Waals surface area contributed by atoms with Crippen LogP contribution in [0.15, 0.2) is 48.5 Å². The number of nitrogens with one attached hydrogen (secondary N) is 1. The lowest BCUT2D eigenvalue weighted by atomic mass is 10.1. The van der Waals surface area contributed by atoms with Crippen LogP contribution in [0.25, 0.3) is 0 Å². The van der Waals surface area contributed by atoms with E-state index in [4.69, 9.17) is 9.47 Å². The lowest BCUT2D eigenvalue weighted by Gasteiger charge is -2.19. The molecule has 2 unspecified atom stereocenters. The topological polar surface area (TPSA) is 67.8 Å². The van der Waals surface area contributed by atoms with Gasteiger partial charge in [0.2, 0.25) is 0 Å². The Bertz CT molecular complexity index is 723. The van der Waals surface area contributed by atoms with Crippen LogP contribution in [0.1, 0.15) is 16.5 Å². The number of hydrogen-bond acceptors (Lipinski definition) is 5. The van der Waals surface area contributed by atoms with Crippen LogP contribution in [0.5, 0.6) is 11.5 Å². The first kappa shape index (κ1) is 17.6. The van der Waals surface area contributed by atoms with Gasteiger partial charge in [0.25, 0.3) is 0 Å². The molecule has 0 saturated carbocycles. The molecule has 1 aliphatic rings. The number of benzene rings is 2. The number of carboxylic acid groups (broad SMARTS) is 1. The number of thioether (sulfide) groups is 1. The fraction of sp³-hybridized carbons (Fsp3) is 0.316. The van der Waals surface area contributed by atoms with Gasteiger partial charge in [-0.1, -0.05) is 42.5 Å². The summed E-state index contributed by atoms with van der Waals surface area (Å²) in [6.45, 7) is 0.525. The Morgan fingerprint density at radius 3 is 2.72 bits per heavy atom. The van der Waals surface area contributed by atoms with E-state index in [1.807, 2.05) is 36.4 Å². The van der Waals surface area contributed by atoms with Gasteiger partial charge in [0.1, 0.15) is 6.04 Å². The number of rotatable bonds is 7. The highest BCUT2D eigenvalue weighted by Gasteiger charge is 2.32. The van der Waals surface area contributed by atoms with Crippen molar-refractivity contribution < 1.29 is 19.4 Å². The number of hydrogen-bond donors (Lipinski definition) is 2. The first-order chi connectivity index (χ1) is 12.2.